The van der Waals surface area contributed by atoms with Crippen LogP contribution in [-0.4, -0.2) is 69.2 Å². The van der Waals surface area contributed by atoms with Crippen molar-refractivity contribution in [3.8, 4) is 0 Å². The molecule has 3 saturated heterocycles. The third-order valence-corrected chi connectivity index (χ3v) is 10.5. The van der Waals surface area contributed by atoms with E-state index >= 15 is 0 Å². The monoisotopic (exact) mass is 642 g/mol. The molecule has 2 aromatic carbocycles. The molecule has 1 aliphatic carbocycles. The molecule has 4 aliphatic rings. The minimum absolute atomic E-state index is 0. The number of hydrogen-bond acceptors (Lipinski definition) is 4. The molecule has 3 atom stereocenters. The zero-order chi connectivity index (χ0) is 30.9. The Hall–Kier alpha value is -3.04. The molecule has 3 aliphatic heterocycles. The van der Waals surface area contributed by atoms with Gasteiger partial charge >= 0.3 is 6.03 Å². The number of halogens is 3. The molecule has 10 heteroatoms. The molecular weight excluding hydrogens is 598 g/mol. The van der Waals surface area contributed by atoms with Crippen LogP contribution in [0.1, 0.15) is 88.3 Å². The van der Waals surface area contributed by atoms with Crippen molar-refractivity contribution in [1.82, 2.24) is 20.0 Å². The van der Waals surface area contributed by atoms with Crippen LogP contribution in [0.2, 0.25) is 0 Å². The molecule has 1 saturated carbocycles. The Balaban J connectivity index is 0.00000400. The summed E-state index contributed by atoms with van der Waals surface area (Å²) in [6.45, 7) is 3.64. The summed E-state index contributed by atoms with van der Waals surface area (Å²) in [7, 11) is 0. The van der Waals surface area contributed by atoms with E-state index < -0.39 is 11.5 Å². The van der Waals surface area contributed by atoms with Crippen LogP contribution in [0.15, 0.2) is 60.7 Å². The standard InChI is InChI=1S/C35H44F2N4O3.ClH/c1-2-20-41-33(44)40(24-25-9-5-3-6-10-25)32(43)34(41)22-28-13-14-29(23-34)39(28)21-17-30(26-11-7-4-8-12-26)38-31(42)27-15-18-35(36,37)19-16-27;/h3-12,27-30H,2,13-24H2,1H3,(H,38,42);1H/t28?,29?,30-,34?;/m0./s1. The van der Waals surface area contributed by atoms with Gasteiger partial charge in [-0.1, -0.05) is 67.6 Å². The number of rotatable bonds is 10. The number of benzene rings is 2. The lowest BCUT2D eigenvalue weighted by molar-refractivity contribution is -0.138. The summed E-state index contributed by atoms with van der Waals surface area (Å²) in [4.78, 5) is 46.8. The van der Waals surface area contributed by atoms with Gasteiger partial charge in [-0.15, -0.1) is 12.4 Å². The van der Waals surface area contributed by atoms with E-state index in [-0.39, 0.29) is 86.5 Å². The largest absolute Gasteiger partial charge is 0.349 e. The van der Waals surface area contributed by atoms with Crippen LogP contribution in [0, 0.1) is 5.92 Å². The maximum Gasteiger partial charge on any atom is 0.327 e. The van der Waals surface area contributed by atoms with Crippen molar-refractivity contribution in [3.63, 3.8) is 0 Å². The fraction of sp³-hybridized carbons (Fsp3) is 0.571. The normalized spacial score (nSPS) is 27.1. The van der Waals surface area contributed by atoms with Crippen LogP contribution >= 0.6 is 12.4 Å². The Labute approximate surface area is 271 Å². The van der Waals surface area contributed by atoms with Gasteiger partial charge in [0, 0.05) is 43.9 Å². The predicted octanol–water partition coefficient (Wildman–Crippen LogP) is 6.72. The summed E-state index contributed by atoms with van der Waals surface area (Å²) in [5.41, 5.74) is 1.14. The number of urea groups is 1. The number of imide groups is 1. The second-order valence-electron chi connectivity index (χ2n) is 13.3. The van der Waals surface area contributed by atoms with Gasteiger partial charge in [-0.05, 0) is 62.5 Å². The maximum atomic E-state index is 14.1. The number of carbonyl (C=O) groups excluding carboxylic acids is 3. The third kappa shape index (κ3) is 6.75. The topological polar surface area (TPSA) is 73.0 Å². The van der Waals surface area contributed by atoms with E-state index in [0.29, 0.717) is 25.8 Å². The summed E-state index contributed by atoms with van der Waals surface area (Å²) in [5, 5.41) is 3.21. The number of nitrogens with zero attached hydrogens (tertiary/aromatic N) is 3. The van der Waals surface area contributed by atoms with Crippen molar-refractivity contribution in [2.24, 2.45) is 5.92 Å². The van der Waals surface area contributed by atoms with Crippen LogP contribution in [0.5, 0.6) is 0 Å². The van der Waals surface area contributed by atoms with E-state index in [1.54, 1.807) is 0 Å². The molecule has 244 valence electrons. The van der Waals surface area contributed by atoms with Crippen LogP contribution < -0.4 is 5.32 Å². The highest BCUT2D eigenvalue weighted by atomic mass is 35.5. The number of amides is 4. The highest BCUT2D eigenvalue weighted by Crippen LogP contribution is 2.48. The number of alkyl halides is 2. The zero-order valence-corrected chi connectivity index (χ0v) is 26.8. The van der Waals surface area contributed by atoms with Gasteiger partial charge < -0.3 is 10.2 Å². The highest BCUT2D eigenvalue weighted by molar-refractivity contribution is 6.07. The molecule has 7 nitrogen and oxygen atoms in total. The number of nitrogens with one attached hydrogen (secondary N) is 1. The third-order valence-electron chi connectivity index (χ3n) is 10.5. The molecular formula is C35H45ClF2N4O3. The Bertz CT molecular complexity index is 1320. The molecule has 1 N–H and O–H groups in total. The van der Waals surface area contributed by atoms with E-state index in [9.17, 15) is 23.2 Å². The quantitative estimate of drug-likeness (QED) is 0.292. The molecule has 6 rings (SSSR count). The lowest BCUT2D eigenvalue weighted by Gasteiger charge is -2.47. The lowest BCUT2D eigenvalue weighted by atomic mass is 9.81. The van der Waals surface area contributed by atoms with Gasteiger partial charge in [0.2, 0.25) is 11.8 Å². The predicted molar refractivity (Wildman–Crippen MR) is 171 cm³/mol. The maximum absolute atomic E-state index is 14.1. The van der Waals surface area contributed by atoms with E-state index in [1.807, 2.05) is 72.5 Å². The minimum Gasteiger partial charge on any atom is -0.349 e. The summed E-state index contributed by atoms with van der Waals surface area (Å²) < 4.78 is 27.5. The average Bonchev–Trinajstić information content (AvgIpc) is 3.37. The molecule has 2 bridgehead atoms. The highest BCUT2D eigenvalue weighted by Gasteiger charge is 2.62. The van der Waals surface area contributed by atoms with Crippen molar-refractivity contribution in [1.29, 1.82) is 0 Å². The first kappa shape index (κ1) is 33.3. The number of hydrogen-bond donors (Lipinski definition) is 1. The van der Waals surface area contributed by atoms with Crippen LogP contribution in [-0.2, 0) is 16.1 Å². The summed E-state index contributed by atoms with van der Waals surface area (Å²) >= 11 is 0. The van der Waals surface area contributed by atoms with Crippen LogP contribution in [0.25, 0.3) is 0 Å². The molecule has 1 spiro atoms. The van der Waals surface area contributed by atoms with Crippen molar-refractivity contribution >= 4 is 30.3 Å². The van der Waals surface area contributed by atoms with Gasteiger partial charge in [0.25, 0.3) is 5.91 Å². The van der Waals surface area contributed by atoms with Gasteiger partial charge in [0.05, 0.1) is 12.6 Å². The SMILES string of the molecule is CCCN1C(=O)N(Cc2ccccc2)C(=O)C12CC1CCC(C2)N1CC[C@H](NC(=O)C1CCC(F)(F)CC1)c1ccccc1.Cl. The second-order valence-corrected chi connectivity index (χ2v) is 13.3. The molecule has 4 amide bonds. The first-order chi connectivity index (χ1) is 21.2. The minimum atomic E-state index is -2.67. The van der Waals surface area contributed by atoms with Gasteiger partial charge in [0.15, 0.2) is 0 Å². The second kappa shape index (κ2) is 13.8. The van der Waals surface area contributed by atoms with Crippen molar-refractivity contribution in [2.45, 2.75) is 107 Å². The number of fused-ring (bicyclic) bond motifs is 2. The van der Waals surface area contributed by atoms with E-state index in [0.717, 1.165) is 36.9 Å². The van der Waals surface area contributed by atoms with E-state index in [4.69, 9.17) is 0 Å². The molecule has 2 aromatic rings. The Morgan fingerprint density at radius 3 is 2.11 bits per heavy atom. The van der Waals surface area contributed by atoms with Crippen molar-refractivity contribution in [2.75, 3.05) is 13.1 Å². The molecule has 4 fully saturated rings. The summed E-state index contributed by atoms with van der Waals surface area (Å²) in [6, 6.07) is 19.5. The van der Waals surface area contributed by atoms with Gasteiger partial charge in [0.1, 0.15) is 5.54 Å². The molecule has 2 unspecified atom stereocenters. The van der Waals surface area contributed by atoms with Gasteiger partial charge in [-0.25, -0.2) is 13.6 Å². The van der Waals surface area contributed by atoms with Crippen molar-refractivity contribution < 1.29 is 23.2 Å². The Kier molecular flexibility index (Phi) is 10.2. The summed E-state index contributed by atoms with van der Waals surface area (Å²) in [5.74, 6) is -3.26. The van der Waals surface area contributed by atoms with Gasteiger partial charge in [-0.3, -0.25) is 19.4 Å². The lowest BCUT2D eigenvalue weighted by Crippen LogP contribution is -2.60. The average molecular weight is 643 g/mol. The molecule has 45 heavy (non-hydrogen) atoms. The first-order valence-corrected chi connectivity index (χ1v) is 16.4. The molecule has 3 heterocycles. The number of carbonyl (C=O) groups is 3. The fourth-order valence-electron chi connectivity index (χ4n) is 8.17. The van der Waals surface area contributed by atoms with E-state index in [2.05, 4.69) is 10.2 Å². The smallest absolute Gasteiger partial charge is 0.327 e. The van der Waals surface area contributed by atoms with Crippen LogP contribution in [0.4, 0.5) is 13.6 Å². The fourth-order valence-corrected chi connectivity index (χ4v) is 8.17. The van der Waals surface area contributed by atoms with E-state index in [1.165, 1.54) is 4.90 Å². The zero-order valence-electron chi connectivity index (χ0n) is 26.0. The van der Waals surface area contributed by atoms with Crippen LogP contribution in [0.3, 0.4) is 0 Å². The molecule has 0 radical (unpaired) electrons. The Morgan fingerprint density at radius 1 is 0.911 bits per heavy atom. The molecule has 0 aromatic heterocycles. The Morgan fingerprint density at radius 2 is 1.51 bits per heavy atom. The van der Waals surface area contributed by atoms with Crippen molar-refractivity contribution in [3.05, 3.63) is 71.8 Å². The first-order valence-electron chi connectivity index (χ1n) is 16.4. The van der Waals surface area contributed by atoms with Gasteiger partial charge in [-0.2, -0.15) is 0 Å². The summed E-state index contributed by atoms with van der Waals surface area (Å²) in [6.07, 6.45) is 4.62. The number of piperidine rings is 1.